The molecule has 1 heterocycles. The molecule has 29 heavy (non-hydrogen) atoms. The van der Waals surface area contributed by atoms with Crippen molar-refractivity contribution >= 4 is 49.0 Å². The summed E-state index contributed by atoms with van der Waals surface area (Å²) < 4.78 is 32.4. The number of halogens is 1. The predicted molar refractivity (Wildman–Crippen MR) is 114 cm³/mol. The Morgan fingerprint density at radius 3 is 2.66 bits per heavy atom. The molecule has 2 aromatic carbocycles. The molecule has 0 radical (unpaired) electrons. The van der Waals surface area contributed by atoms with Crippen LogP contribution in [0.3, 0.4) is 0 Å². The van der Waals surface area contributed by atoms with E-state index in [9.17, 15) is 18.0 Å². The third-order valence-electron chi connectivity index (χ3n) is 4.66. The summed E-state index contributed by atoms with van der Waals surface area (Å²) in [4.78, 5) is 23.9. The molecular formula is C20H21BrN2O5S. The van der Waals surface area contributed by atoms with Gasteiger partial charge in [-0.05, 0) is 56.2 Å². The Bertz CT molecular complexity index is 1100. The number of carbonyl (C=O) groups excluding carboxylic acids is 2. The number of sulfone groups is 1. The fraction of sp³-hybridized carbons (Fsp3) is 0.300. The van der Waals surface area contributed by atoms with Crippen LogP contribution in [-0.4, -0.2) is 32.1 Å². The first-order valence-corrected chi connectivity index (χ1v) is 11.3. The van der Waals surface area contributed by atoms with E-state index < -0.39 is 15.1 Å². The second-order valence-electron chi connectivity index (χ2n) is 7.02. The lowest BCUT2D eigenvalue weighted by Crippen LogP contribution is -2.27. The fourth-order valence-corrected chi connectivity index (χ4v) is 4.87. The lowest BCUT2D eigenvalue weighted by atomic mass is 10.2. The van der Waals surface area contributed by atoms with Crippen molar-refractivity contribution in [3.05, 3.63) is 45.9 Å². The highest BCUT2D eigenvalue weighted by atomic mass is 79.9. The van der Waals surface area contributed by atoms with Crippen LogP contribution in [0.2, 0.25) is 0 Å². The zero-order chi connectivity index (χ0) is 21.3. The summed E-state index contributed by atoms with van der Waals surface area (Å²) in [6.07, 6.45) is -0.189. The average molecular weight is 481 g/mol. The summed E-state index contributed by atoms with van der Waals surface area (Å²) in [5.41, 5.74) is 2.48. The summed E-state index contributed by atoms with van der Waals surface area (Å²) in [5, 5.41) is 4.45. The van der Waals surface area contributed by atoms with Crippen molar-refractivity contribution in [2.75, 3.05) is 17.2 Å². The van der Waals surface area contributed by atoms with E-state index in [-0.39, 0.29) is 29.7 Å². The Labute approximate surface area is 177 Å². The summed E-state index contributed by atoms with van der Waals surface area (Å²) in [5.74, 6) is -0.376. The third-order valence-corrected chi connectivity index (χ3v) is 7.83. The van der Waals surface area contributed by atoms with Crippen molar-refractivity contribution in [2.24, 2.45) is 0 Å². The number of ether oxygens (including phenoxy) is 1. The molecule has 7 nitrogen and oxygen atoms in total. The van der Waals surface area contributed by atoms with Gasteiger partial charge in [-0.15, -0.1) is 0 Å². The van der Waals surface area contributed by atoms with Crippen molar-refractivity contribution < 1.29 is 22.7 Å². The van der Waals surface area contributed by atoms with Gasteiger partial charge in [-0.2, -0.15) is 0 Å². The minimum atomic E-state index is -3.78. The van der Waals surface area contributed by atoms with Crippen LogP contribution in [-0.2, 0) is 19.4 Å². The molecule has 1 aliphatic heterocycles. The largest absolute Gasteiger partial charge is 0.482 e. The Morgan fingerprint density at radius 1 is 1.24 bits per heavy atom. The molecule has 0 spiro atoms. The van der Waals surface area contributed by atoms with E-state index in [0.29, 0.717) is 22.7 Å². The number of amides is 2. The highest BCUT2D eigenvalue weighted by Crippen LogP contribution is 2.34. The van der Waals surface area contributed by atoms with Crippen LogP contribution in [0.4, 0.5) is 11.4 Å². The van der Waals surface area contributed by atoms with Gasteiger partial charge in [0.1, 0.15) is 5.75 Å². The number of carbonyl (C=O) groups is 2. The number of hydrogen-bond acceptors (Lipinski definition) is 5. The molecule has 1 unspecified atom stereocenters. The molecule has 0 saturated carbocycles. The first kappa shape index (κ1) is 21.3. The van der Waals surface area contributed by atoms with Crippen LogP contribution < -0.4 is 15.4 Å². The lowest BCUT2D eigenvalue weighted by molar-refractivity contribution is -0.118. The molecule has 154 valence electrons. The van der Waals surface area contributed by atoms with Crippen LogP contribution >= 0.6 is 15.9 Å². The van der Waals surface area contributed by atoms with E-state index >= 15 is 0 Å². The van der Waals surface area contributed by atoms with Crippen molar-refractivity contribution in [3.8, 4) is 5.75 Å². The minimum Gasteiger partial charge on any atom is -0.482 e. The Hall–Kier alpha value is -2.39. The van der Waals surface area contributed by atoms with E-state index in [0.717, 1.165) is 10.0 Å². The lowest BCUT2D eigenvalue weighted by Gasteiger charge is -2.21. The molecule has 1 atom stereocenters. The van der Waals surface area contributed by atoms with Gasteiger partial charge in [-0.25, -0.2) is 8.42 Å². The molecule has 2 N–H and O–H groups in total. The van der Waals surface area contributed by atoms with Crippen LogP contribution in [0.1, 0.15) is 24.5 Å². The van der Waals surface area contributed by atoms with Gasteiger partial charge >= 0.3 is 0 Å². The first-order valence-electron chi connectivity index (χ1n) is 8.95. The number of rotatable bonds is 5. The third kappa shape index (κ3) is 4.62. The minimum absolute atomic E-state index is 0.0900. The van der Waals surface area contributed by atoms with Crippen molar-refractivity contribution in [3.63, 3.8) is 0 Å². The number of nitrogens with one attached hydrogen (secondary N) is 2. The van der Waals surface area contributed by atoms with Gasteiger partial charge in [0.15, 0.2) is 16.4 Å². The van der Waals surface area contributed by atoms with E-state index in [1.54, 1.807) is 25.1 Å². The quantitative estimate of drug-likeness (QED) is 0.680. The molecule has 3 rings (SSSR count). The number of aryl methyl sites for hydroxylation is 2. The Morgan fingerprint density at radius 2 is 1.97 bits per heavy atom. The monoisotopic (exact) mass is 480 g/mol. The van der Waals surface area contributed by atoms with Gasteiger partial charge in [-0.1, -0.05) is 15.9 Å². The molecule has 2 aromatic rings. The molecule has 0 aliphatic carbocycles. The zero-order valence-electron chi connectivity index (χ0n) is 16.2. The van der Waals surface area contributed by atoms with Crippen LogP contribution in [0.15, 0.2) is 39.7 Å². The van der Waals surface area contributed by atoms with Crippen LogP contribution in [0.25, 0.3) is 0 Å². The normalized spacial score (nSPS) is 14.4. The first-order chi connectivity index (χ1) is 13.6. The van der Waals surface area contributed by atoms with E-state index in [1.165, 1.54) is 13.0 Å². The highest BCUT2D eigenvalue weighted by Gasteiger charge is 2.29. The van der Waals surface area contributed by atoms with Gasteiger partial charge in [0.2, 0.25) is 5.91 Å². The van der Waals surface area contributed by atoms with E-state index in [4.69, 9.17) is 4.74 Å². The molecular weight excluding hydrogens is 460 g/mol. The second kappa shape index (κ2) is 8.16. The summed E-state index contributed by atoms with van der Waals surface area (Å²) in [6, 6.07) is 8.34. The predicted octanol–water partition coefficient (Wildman–Crippen LogP) is 3.59. The maximum absolute atomic E-state index is 13.1. The van der Waals surface area contributed by atoms with Crippen LogP contribution in [0, 0.1) is 13.8 Å². The molecule has 0 aromatic heterocycles. The maximum atomic E-state index is 13.1. The van der Waals surface area contributed by atoms with E-state index in [1.807, 2.05) is 13.0 Å². The van der Waals surface area contributed by atoms with Gasteiger partial charge in [0.05, 0.1) is 15.8 Å². The summed E-state index contributed by atoms with van der Waals surface area (Å²) in [7, 11) is -3.78. The number of anilines is 2. The summed E-state index contributed by atoms with van der Waals surface area (Å²) in [6.45, 7) is 4.88. The molecule has 0 saturated heterocycles. The van der Waals surface area contributed by atoms with Crippen molar-refractivity contribution in [1.29, 1.82) is 0 Å². The second-order valence-corrected chi connectivity index (χ2v) is 10.2. The van der Waals surface area contributed by atoms with Gasteiger partial charge in [0, 0.05) is 22.6 Å². The molecule has 1 aliphatic rings. The smallest absolute Gasteiger partial charge is 0.262 e. The number of fused-ring (bicyclic) bond motifs is 1. The molecule has 2 amide bonds. The van der Waals surface area contributed by atoms with Gasteiger partial charge < -0.3 is 15.4 Å². The number of benzene rings is 2. The topological polar surface area (TPSA) is 102 Å². The zero-order valence-corrected chi connectivity index (χ0v) is 18.6. The van der Waals surface area contributed by atoms with Crippen molar-refractivity contribution in [2.45, 2.75) is 37.3 Å². The highest BCUT2D eigenvalue weighted by molar-refractivity contribution is 9.10. The Kier molecular flexibility index (Phi) is 6.00. The fourth-order valence-electron chi connectivity index (χ4n) is 3.04. The standard InChI is InChI=1S/C20H21BrN2O5S/c1-11-6-14(4-5-15(11)21)22-19(24)8-13(3)29(26,27)18-9-17-16(7-12(18)2)23-20(25)10-28-17/h4-7,9,13H,8,10H2,1-3H3,(H,22,24)(H,23,25). The molecule has 9 heteroatoms. The molecule has 0 fully saturated rings. The average Bonchev–Trinajstić information content (AvgIpc) is 2.63. The van der Waals surface area contributed by atoms with Gasteiger partial charge in [-0.3, -0.25) is 9.59 Å². The maximum Gasteiger partial charge on any atom is 0.262 e. The van der Waals surface area contributed by atoms with E-state index in [2.05, 4.69) is 26.6 Å². The number of hydrogen-bond donors (Lipinski definition) is 2. The summed E-state index contributed by atoms with van der Waals surface area (Å²) >= 11 is 3.40. The van der Waals surface area contributed by atoms with Gasteiger partial charge in [0.25, 0.3) is 5.91 Å². The van der Waals surface area contributed by atoms with Crippen molar-refractivity contribution in [1.82, 2.24) is 0 Å². The molecule has 0 bridgehead atoms. The SMILES string of the molecule is Cc1cc(NC(=O)CC(C)S(=O)(=O)c2cc3c(cc2C)NC(=O)CO3)ccc1Br. The Balaban J connectivity index is 1.77. The van der Waals surface area contributed by atoms with Crippen LogP contribution in [0.5, 0.6) is 5.75 Å².